The van der Waals surface area contributed by atoms with Gasteiger partial charge >= 0.3 is 0 Å². The highest BCUT2D eigenvalue weighted by molar-refractivity contribution is 6.39. The van der Waals surface area contributed by atoms with E-state index < -0.39 is 11.1 Å². The van der Waals surface area contributed by atoms with E-state index in [1.165, 1.54) is 26.2 Å². The molecule has 0 fully saturated rings. The second-order valence-electron chi connectivity index (χ2n) is 8.89. The maximum absolute atomic E-state index is 13.0. The summed E-state index contributed by atoms with van der Waals surface area (Å²) in [7, 11) is 2.97. The number of aromatic hydroxyl groups is 2. The first-order valence-electron chi connectivity index (χ1n) is 10.6. The van der Waals surface area contributed by atoms with E-state index >= 15 is 0 Å². The van der Waals surface area contributed by atoms with Crippen molar-refractivity contribution in [1.29, 1.82) is 10.8 Å². The highest BCUT2D eigenvalue weighted by Gasteiger charge is 2.24. The van der Waals surface area contributed by atoms with Crippen molar-refractivity contribution in [3.63, 3.8) is 0 Å². The van der Waals surface area contributed by atoms with Crippen LogP contribution in [0.2, 0.25) is 0 Å². The Hall–Kier alpha value is -4.72. The fraction of sp³-hybridized carbons (Fsp3) is 0.0769. The summed E-state index contributed by atoms with van der Waals surface area (Å²) in [5.74, 6) is -0.328. The number of benzene rings is 5. The first-order valence-corrected chi connectivity index (χ1v) is 10.6. The van der Waals surface area contributed by atoms with Gasteiger partial charge in [0.2, 0.25) is 11.8 Å². The van der Waals surface area contributed by atoms with Gasteiger partial charge in [-0.15, -0.1) is 0 Å². The number of hydrogen-bond acceptors (Lipinski definition) is 6. The van der Waals surface area contributed by atoms with E-state index in [0.29, 0.717) is 64.6 Å². The lowest BCUT2D eigenvalue weighted by Gasteiger charge is -2.19. The molecule has 8 heteroatoms. The van der Waals surface area contributed by atoms with Gasteiger partial charge in [-0.05, 0) is 35.0 Å². The second kappa shape index (κ2) is 5.60. The third kappa shape index (κ3) is 1.84. The van der Waals surface area contributed by atoms with Gasteiger partial charge in [-0.1, -0.05) is 12.1 Å². The first kappa shape index (κ1) is 18.8. The Morgan fingerprint density at radius 3 is 1.29 bits per heavy atom. The van der Waals surface area contributed by atoms with E-state index in [0.717, 1.165) is 9.13 Å². The van der Waals surface area contributed by atoms with Gasteiger partial charge in [0.15, 0.2) is 0 Å². The quantitative estimate of drug-likeness (QED) is 0.210. The molecule has 164 valence electrons. The molecule has 0 aliphatic rings. The molecule has 0 bridgehead atoms. The summed E-state index contributed by atoms with van der Waals surface area (Å²) in [6, 6.07) is 10.0. The average Bonchev–Trinajstić information content (AvgIpc) is 2.83. The third-order valence-electron chi connectivity index (χ3n) is 7.29. The van der Waals surface area contributed by atoms with Gasteiger partial charge in [0, 0.05) is 57.2 Å². The minimum atomic E-state index is -0.405. The van der Waals surface area contributed by atoms with Gasteiger partial charge in [0.25, 0.3) is 11.1 Å². The van der Waals surface area contributed by atoms with Crippen LogP contribution in [0.25, 0.3) is 64.6 Å². The minimum absolute atomic E-state index is 0.134. The predicted molar refractivity (Wildman–Crippen MR) is 131 cm³/mol. The number of rotatable bonds is 0. The lowest BCUT2D eigenvalue weighted by atomic mass is 9.85. The zero-order valence-electron chi connectivity index (χ0n) is 18.1. The van der Waals surface area contributed by atoms with Crippen LogP contribution in [0.15, 0.2) is 46.0 Å². The summed E-state index contributed by atoms with van der Waals surface area (Å²) in [6.07, 6.45) is 0. The molecule has 0 radical (unpaired) electrons. The third-order valence-corrected chi connectivity index (χ3v) is 7.29. The molecule has 34 heavy (non-hydrogen) atoms. The van der Waals surface area contributed by atoms with Gasteiger partial charge in [-0.3, -0.25) is 18.7 Å². The molecule has 7 aromatic rings. The number of aromatic nitrogens is 2. The molecule has 0 saturated carbocycles. The molecule has 5 aromatic carbocycles. The summed E-state index contributed by atoms with van der Waals surface area (Å²) in [5.41, 5.74) is -0.810. The Kier molecular flexibility index (Phi) is 3.10. The van der Waals surface area contributed by atoms with Gasteiger partial charge in [-0.2, -0.15) is 0 Å². The van der Waals surface area contributed by atoms with Gasteiger partial charge in [-0.25, -0.2) is 0 Å². The summed E-state index contributed by atoms with van der Waals surface area (Å²) in [4.78, 5) is 26.0. The van der Waals surface area contributed by atoms with E-state index in [1.54, 1.807) is 24.3 Å². The predicted octanol–water partition coefficient (Wildman–Crippen LogP) is 2.69. The smallest absolute Gasteiger partial charge is 0.261 e. The molecular formula is C26H16N4O4. The maximum Gasteiger partial charge on any atom is 0.261 e. The molecule has 7 rings (SSSR count). The van der Waals surface area contributed by atoms with Crippen molar-refractivity contribution in [1.82, 2.24) is 9.13 Å². The molecule has 2 aromatic heterocycles. The second-order valence-corrected chi connectivity index (χ2v) is 8.89. The largest absolute Gasteiger partial charge is 0.494 e. The van der Waals surface area contributed by atoms with Crippen molar-refractivity contribution >= 4 is 64.6 Å². The van der Waals surface area contributed by atoms with Crippen LogP contribution in [0.5, 0.6) is 11.8 Å². The average molecular weight is 448 g/mol. The molecule has 0 saturated heterocycles. The van der Waals surface area contributed by atoms with Gasteiger partial charge in [0.05, 0.1) is 21.5 Å². The van der Waals surface area contributed by atoms with Crippen LogP contribution in [-0.4, -0.2) is 19.3 Å². The zero-order chi connectivity index (χ0) is 23.8. The van der Waals surface area contributed by atoms with Crippen molar-refractivity contribution in [3.05, 3.63) is 67.8 Å². The Labute approximate surface area is 188 Å². The summed E-state index contributed by atoms with van der Waals surface area (Å²) >= 11 is 0. The molecule has 0 unspecified atom stereocenters. The van der Waals surface area contributed by atoms with E-state index in [-0.39, 0.29) is 22.5 Å². The molecule has 0 amide bonds. The van der Waals surface area contributed by atoms with Crippen molar-refractivity contribution < 1.29 is 10.2 Å². The summed E-state index contributed by atoms with van der Waals surface area (Å²) in [5, 5.41) is 45.8. The van der Waals surface area contributed by atoms with Crippen LogP contribution in [0.1, 0.15) is 0 Å². The number of hydrogen-bond donors (Lipinski definition) is 4. The van der Waals surface area contributed by atoms with Crippen molar-refractivity contribution in [3.8, 4) is 11.8 Å². The fourth-order valence-corrected chi connectivity index (χ4v) is 5.73. The molecular weight excluding hydrogens is 432 g/mol. The highest BCUT2D eigenvalue weighted by Crippen LogP contribution is 2.44. The summed E-state index contributed by atoms with van der Waals surface area (Å²) in [6.45, 7) is 0. The SMILES string of the molecule is Cn1c(O)c2ccc3c4c(=N)cc5c(=O)n(C)c(O)c6ccc(c7c(=N)cc(c1=O)c2c37)c4c65. The molecule has 0 aliphatic carbocycles. The Bertz CT molecular complexity index is 2130. The fourth-order valence-electron chi connectivity index (χ4n) is 5.73. The zero-order valence-corrected chi connectivity index (χ0v) is 18.1. The van der Waals surface area contributed by atoms with Gasteiger partial charge in [0.1, 0.15) is 0 Å². The van der Waals surface area contributed by atoms with Crippen LogP contribution in [-0.2, 0) is 14.1 Å². The van der Waals surface area contributed by atoms with Crippen molar-refractivity contribution in [2.45, 2.75) is 0 Å². The normalized spacial score (nSPS) is 12.5. The van der Waals surface area contributed by atoms with E-state index in [4.69, 9.17) is 10.8 Å². The van der Waals surface area contributed by atoms with Crippen LogP contribution >= 0.6 is 0 Å². The number of nitrogens with one attached hydrogen (secondary N) is 2. The van der Waals surface area contributed by atoms with Crippen LogP contribution in [0, 0.1) is 10.8 Å². The Balaban J connectivity index is 1.97. The monoisotopic (exact) mass is 448 g/mol. The first-order chi connectivity index (χ1) is 16.2. The number of fused-ring (bicyclic) bond motifs is 2. The molecule has 0 aliphatic heterocycles. The van der Waals surface area contributed by atoms with Gasteiger partial charge < -0.3 is 21.0 Å². The minimum Gasteiger partial charge on any atom is -0.494 e. The lowest BCUT2D eigenvalue weighted by molar-refractivity contribution is 0.431. The van der Waals surface area contributed by atoms with E-state index in [2.05, 4.69) is 0 Å². The van der Waals surface area contributed by atoms with Crippen molar-refractivity contribution in [2.24, 2.45) is 14.1 Å². The lowest BCUT2D eigenvalue weighted by Crippen LogP contribution is -2.20. The standard InChI is InChI=1S/C26H16N4O4/c1-29-23(31)11-5-3-9-20-16(28)8-14-18-12(24(32)30(2)26(14)34)6-4-10(22(18)20)19-15(27)7-13(25(29)33)17(11)21(9)19/h3-8,27-28,31-32H,1-2H3. The molecule has 8 nitrogen and oxygen atoms in total. The van der Waals surface area contributed by atoms with E-state index in [9.17, 15) is 19.8 Å². The molecule has 0 atom stereocenters. The Morgan fingerprint density at radius 2 is 0.912 bits per heavy atom. The number of nitrogens with zero attached hydrogens (tertiary/aromatic N) is 2. The van der Waals surface area contributed by atoms with E-state index in [1.807, 2.05) is 0 Å². The highest BCUT2D eigenvalue weighted by atomic mass is 16.3. The molecule has 4 N–H and O–H groups in total. The Morgan fingerprint density at radius 1 is 0.559 bits per heavy atom. The molecule has 2 heterocycles. The van der Waals surface area contributed by atoms with Crippen molar-refractivity contribution in [2.75, 3.05) is 0 Å². The van der Waals surface area contributed by atoms with Crippen LogP contribution < -0.4 is 21.8 Å². The topological polar surface area (TPSA) is 132 Å². The van der Waals surface area contributed by atoms with Crippen LogP contribution in [0.4, 0.5) is 0 Å². The number of pyridine rings is 2. The van der Waals surface area contributed by atoms with Crippen LogP contribution in [0.3, 0.4) is 0 Å². The maximum atomic E-state index is 13.0. The molecule has 0 spiro atoms. The summed E-state index contributed by atoms with van der Waals surface area (Å²) < 4.78 is 2.33.